The Morgan fingerprint density at radius 2 is 1.66 bits per heavy atom. The highest BCUT2D eigenvalue weighted by atomic mass is 16.6. The average Bonchev–Trinajstić information content (AvgIpc) is 3.11. The van der Waals surface area contributed by atoms with Crippen molar-refractivity contribution in [3.05, 3.63) is 76.9 Å². The van der Waals surface area contributed by atoms with Crippen LogP contribution in [0.5, 0.6) is 23.0 Å². The second-order valence-electron chi connectivity index (χ2n) is 8.38. The summed E-state index contributed by atoms with van der Waals surface area (Å²) in [6.07, 6.45) is 0.674. The van der Waals surface area contributed by atoms with Crippen molar-refractivity contribution in [3.63, 3.8) is 0 Å². The maximum Gasteiger partial charge on any atom is 0.340 e. The predicted molar refractivity (Wildman–Crippen MR) is 123 cm³/mol. The lowest BCUT2D eigenvalue weighted by molar-refractivity contribution is -0.137. The Bertz CT molecular complexity index is 1380. The molecule has 1 amide bonds. The molecule has 3 aromatic carbocycles. The molecule has 9 heteroatoms. The Morgan fingerprint density at radius 1 is 0.914 bits per heavy atom. The van der Waals surface area contributed by atoms with Gasteiger partial charge in [0.25, 0.3) is 0 Å². The summed E-state index contributed by atoms with van der Waals surface area (Å²) in [4.78, 5) is 36.2. The minimum Gasteiger partial charge on any atom is -0.508 e. The number of phenols is 2. The molecule has 2 aliphatic heterocycles. The van der Waals surface area contributed by atoms with Gasteiger partial charge in [0.15, 0.2) is 11.4 Å². The van der Waals surface area contributed by atoms with Gasteiger partial charge in [0.05, 0.1) is 11.1 Å². The van der Waals surface area contributed by atoms with Crippen molar-refractivity contribution in [1.29, 1.82) is 0 Å². The normalized spacial score (nSPS) is 17.1. The zero-order valence-electron chi connectivity index (χ0n) is 18.4. The van der Waals surface area contributed by atoms with Crippen LogP contribution in [0.3, 0.4) is 0 Å². The molecule has 35 heavy (non-hydrogen) atoms. The maximum absolute atomic E-state index is 12.9. The lowest BCUT2D eigenvalue weighted by Crippen LogP contribution is -2.33. The van der Waals surface area contributed by atoms with Crippen molar-refractivity contribution < 1.29 is 39.2 Å². The van der Waals surface area contributed by atoms with Gasteiger partial charge in [0.1, 0.15) is 22.9 Å². The molecule has 2 heterocycles. The molecule has 0 fully saturated rings. The summed E-state index contributed by atoms with van der Waals surface area (Å²) >= 11 is 0. The quantitative estimate of drug-likeness (QED) is 0.235. The number of hydrogen-bond donors (Lipinski definition) is 4. The third-order valence-corrected chi connectivity index (χ3v) is 6.15. The number of amides is 1. The number of aliphatic carboxylic acids is 1. The summed E-state index contributed by atoms with van der Waals surface area (Å²) in [6, 6.07) is 14.3. The highest BCUT2D eigenvalue weighted by molar-refractivity contribution is 5.99. The van der Waals surface area contributed by atoms with Crippen molar-refractivity contribution in [2.45, 2.75) is 31.3 Å². The van der Waals surface area contributed by atoms with Gasteiger partial charge in [-0.2, -0.15) is 0 Å². The lowest BCUT2D eigenvalue weighted by atomic mass is 9.77. The molecule has 3 aromatic rings. The Morgan fingerprint density at radius 3 is 2.46 bits per heavy atom. The number of ether oxygens (including phenoxy) is 2. The number of fused-ring (bicyclic) bond motifs is 6. The fourth-order valence-corrected chi connectivity index (χ4v) is 4.60. The van der Waals surface area contributed by atoms with E-state index in [2.05, 4.69) is 5.32 Å². The number of hydrogen-bond acceptors (Lipinski definition) is 7. The van der Waals surface area contributed by atoms with Crippen molar-refractivity contribution >= 4 is 23.5 Å². The van der Waals surface area contributed by atoms with Crippen molar-refractivity contribution in [2.24, 2.45) is 0 Å². The Kier molecular flexibility index (Phi) is 5.32. The molecule has 0 bridgehead atoms. The number of carboxylic acid groups (broad SMARTS) is 1. The fraction of sp³-hybridized carbons (Fsp3) is 0.192. The Hall–Kier alpha value is -4.53. The van der Waals surface area contributed by atoms with Crippen LogP contribution in [0.2, 0.25) is 0 Å². The number of unbranched alkanes of at least 4 members (excludes halogenated alkanes) is 1. The summed E-state index contributed by atoms with van der Waals surface area (Å²) in [6.45, 7) is 0. The second-order valence-corrected chi connectivity index (χ2v) is 8.38. The van der Waals surface area contributed by atoms with Crippen LogP contribution in [0.15, 0.2) is 54.6 Å². The number of esters is 1. The number of carboxylic acids is 1. The van der Waals surface area contributed by atoms with Gasteiger partial charge in [-0.3, -0.25) is 9.59 Å². The zero-order chi connectivity index (χ0) is 24.7. The van der Waals surface area contributed by atoms with Crippen LogP contribution in [0.25, 0.3) is 0 Å². The molecule has 0 saturated heterocycles. The van der Waals surface area contributed by atoms with Gasteiger partial charge in [-0.1, -0.05) is 18.2 Å². The second kappa shape index (κ2) is 8.35. The summed E-state index contributed by atoms with van der Waals surface area (Å²) in [5.74, 6) is -1.99. The van der Waals surface area contributed by atoms with E-state index in [9.17, 15) is 24.6 Å². The topological polar surface area (TPSA) is 142 Å². The molecule has 9 nitrogen and oxygen atoms in total. The van der Waals surface area contributed by atoms with Gasteiger partial charge in [-0.05, 0) is 43.2 Å². The fourth-order valence-electron chi connectivity index (χ4n) is 4.60. The van der Waals surface area contributed by atoms with Gasteiger partial charge >= 0.3 is 11.9 Å². The van der Waals surface area contributed by atoms with E-state index in [4.69, 9.17) is 14.6 Å². The number of nitrogens with one attached hydrogen (secondary N) is 1. The summed E-state index contributed by atoms with van der Waals surface area (Å²) in [5, 5.41) is 32.1. The lowest BCUT2D eigenvalue weighted by Gasteiger charge is -2.37. The number of phenolic OH excluding ortho intramolecular Hbond substituents is 2. The third kappa shape index (κ3) is 3.61. The summed E-state index contributed by atoms with van der Waals surface area (Å²) in [7, 11) is 0. The smallest absolute Gasteiger partial charge is 0.340 e. The molecule has 1 spiro atoms. The molecular weight excluding hydrogens is 454 g/mol. The molecule has 5 rings (SSSR count). The predicted octanol–water partition coefficient (Wildman–Crippen LogP) is 4.25. The van der Waals surface area contributed by atoms with E-state index in [0.29, 0.717) is 35.1 Å². The van der Waals surface area contributed by atoms with E-state index in [1.54, 1.807) is 36.4 Å². The molecule has 178 valence electrons. The highest BCUT2D eigenvalue weighted by Crippen LogP contribution is 2.59. The van der Waals surface area contributed by atoms with Crippen LogP contribution < -0.4 is 10.1 Å². The van der Waals surface area contributed by atoms with E-state index in [-0.39, 0.29) is 41.5 Å². The van der Waals surface area contributed by atoms with Crippen LogP contribution in [0.1, 0.15) is 52.7 Å². The molecule has 0 saturated carbocycles. The molecule has 0 aliphatic carbocycles. The zero-order valence-corrected chi connectivity index (χ0v) is 18.4. The van der Waals surface area contributed by atoms with Crippen molar-refractivity contribution in [1.82, 2.24) is 0 Å². The van der Waals surface area contributed by atoms with Gasteiger partial charge in [0, 0.05) is 30.0 Å². The molecule has 0 radical (unpaired) electrons. The van der Waals surface area contributed by atoms with Gasteiger partial charge in [0.2, 0.25) is 5.91 Å². The van der Waals surface area contributed by atoms with E-state index in [0.717, 1.165) is 0 Å². The number of carbonyl (C=O) groups excluding carboxylic acids is 2. The summed E-state index contributed by atoms with van der Waals surface area (Å²) < 4.78 is 12.1. The van der Waals surface area contributed by atoms with E-state index in [1.165, 1.54) is 18.2 Å². The first-order valence-electron chi connectivity index (χ1n) is 11.0. The van der Waals surface area contributed by atoms with Gasteiger partial charge < -0.3 is 30.1 Å². The maximum atomic E-state index is 12.9. The standard InChI is InChI=1S/C26H21NO8/c28-14-9-10-17-20(13-14)34-24-18(26(17)16-6-2-1-5-15(16)25(33)35-26)11-12-19(29)23(24)27-21(30)7-3-4-8-22(31)32/h1-2,5-6,9-13,28-29H,3-4,7-8H2,(H,27,30)(H,31,32). The first kappa shape index (κ1) is 22.3. The van der Waals surface area contributed by atoms with Crippen LogP contribution in [0, 0.1) is 0 Å². The number of carbonyl (C=O) groups is 3. The number of rotatable bonds is 6. The number of benzene rings is 3. The van der Waals surface area contributed by atoms with E-state index >= 15 is 0 Å². The molecule has 0 aromatic heterocycles. The first-order valence-corrected chi connectivity index (χ1v) is 11.0. The summed E-state index contributed by atoms with van der Waals surface area (Å²) in [5.41, 5.74) is 0.388. The molecule has 1 unspecified atom stereocenters. The van der Waals surface area contributed by atoms with Gasteiger partial charge in [-0.25, -0.2) is 4.79 Å². The monoisotopic (exact) mass is 475 g/mol. The third-order valence-electron chi connectivity index (χ3n) is 6.15. The molecular formula is C26H21NO8. The minimum atomic E-state index is -1.42. The van der Waals surface area contributed by atoms with Crippen LogP contribution >= 0.6 is 0 Å². The average molecular weight is 475 g/mol. The highest BCUT2D eigenvalue weighted by Gasteiger charge is 2.54. The molecule has 1 atom stereocenters. The molecule has 2 aliphatic rings. The van der Waals surface area contributed by atoms with Gasteiger partial charge in [-0.15, -0.1) is 0 Å². The van der Waals surface area contributed by atoms with Crippen LogP contribution in [0.4, 0.5) is 5.69 Å². The Labute approximate surface area is 199 Å². The molecule has 4 N–H and O–H groups in total. The van der Waals surface area contributed by atoms with Crippen molar-refractivity contribution in [3.8, 4) is 23.0 Å². The van der Waals surface area contributed by atoms with Crippen LogP contribution in [-0.4, -0.2) is 33.2 Å². The Balaban J connectivity index is 1.61. The van der Waals surface area contributed by atoms with E-state index < -0.39 is 23.4 Å². The first-order chi connectivity index (χ1) is 16.8. The number of aromatic hydroxyl groups is 2. The largest absolute Gasteiger partial charge is 0.508 e. The van der Waals surface area contributed by atoms with Crippen molar-refractivity contribution in [2.75, 3.05) is 5.32 Å². The van der Waals surface area contributed by atoms with E-state index in [1.807, 2.05) is 0 Å². The number of anilines is 1. The van der Waals surface area contributed by atoms with Crippen LogP contribution in [-0.2, 0) is 19.9 Å². The SMILES string of the molecule is O=C(O)CCCCC(=O)Nc1c(O)ccc2c1Oc1cc(O)ccc1C21OC(=O)c2ccccc21. The minimum absolute atomic E-state index is 0.0143.